The minimum atomic E-state index is -0.0323. The van der Waals surface area contributed by atoms with E-state index in [1.807, 2.05) is 32.0 Å². The molecule has 0 amide bonds. The van der Waals surface area contributed by atoms with Crippen LogP contribution >= 0.6 is 0 Å². The van der Waals surface area contributed by atoms with Gasteiger partial charge in [-0.1, -0.05) is 0 Å². The second-order valence-corrected chi connectivity index (χ2v) is 4.70. The van der Waals surface area contributed by atoms with Crippen molar-refractivity contribution < 1.29 is 9.47 Å². The molecular weight excluding hydrogens is 294 g/mol. The van der Waals surface area contributed by atoms with E-state index in [9.17, 15) is 0 Å². The fourth-order valence-corrected chi connectivity index (χ4v) is 1.93. The SMILES string of the molecule is COc1cc(/C=N\Nc2nc(C)cc(C)n2)ccc1OCC#N. The third kappa shape index (κ3) is 4.68. The molecular formula is C16H17N5O2. The first kappa shape index (κ1) is 16.2. The van der Waals surface area contributed by atoms with E-state index >= 15 is 0 Å². The van der Waals surface area contributed by atoms with E-state index in [-0.39, 0.29) is 6.61 Å². The van der Waals surface area contributed by atoms with Gasteiger partial charge < -0.3 is 9.47 Å². The van der Waals surface area contributed by atoms with Gasteiger partial charge >= 0.3 is 0 Å². The van der Waals surface area contributed by atoms with E-state index in [1.54, 1.807) is 18.3 Å². The van der Waals surface area contributed by atoms with Gasteiger partial charge in [0.05, 0.1) is 13.3 Å². The van der Waals surface area contributed by atoms with Crippen LogP contribution in [-0.2, 0) is 0 Å². The molecule has 0 spiro atoms. The van der Waals surface area contributed by atoms with Crippen LogP contribution < -0.4 is 14.9 Å². The van der Waals surface area contributed by atoms with E-state index < -0.39 is 0 Å². The fourth-order valence-electron chi connectivity index (χ4n) is 1.93. The summed E-state index contributed by atoms with van der Waals surface area (Å²) >= 11 is 0. The van der Waals surface area contributed by atoms with E-state index in [0.717, 1.165) is 17.0 Å². The Labute approximate surface area is 134 Å². The molecule has 1 heterocycles. The Bertz CT molecular complexity index is 732. The van der Waals surface area contributed by atoms with Crippen LogP contribution in [0, 0.1) is 25.2 Å². The van der Waals surface area contributed by atoms with Crippen LogP contribution in [0.5, 0.6) is 11.5 Å². The molecule has 0 unspecified atom stereocenters. The number of nitrogens with one attached hydrogen (secondary N) is 1. The molecule has 0 radical (unpaired) electrons. The first-order valence-corrected chi connectivity index (χ1v) is 6.91. The molecule has 0 saturated carbocycles. The van der Waals surface area contributed by atoms with Crippen molar-refractivity contribution in [3.63, 3.8) is 0 Å². The van der Waals surface area contributed by atoms with Gasteiger partial charge in [0.2, 0.25) is 5.95 Å². The van der Waals surface area contributed by atoms with Gasteiger partial charge in [0.1, 0.15) is 6.07 Å². The number of ether oxygens (including phenoxy) is 2. The van der Waals surface area contributed by atoms with Crippen LogP contribution in [0.2, 0.25) is 0 Å². The summed E-state index contributed by atoms with van der Waals surface area (Å²) in [6, 6.07) is 9.10. The maximum atomic E-state index is 8.55. The predicted molar refractivity (Wildman–Crippen MR) is 86.8 cm³/mol. The summed E-state index contributed by atoms with van der Waals surface area (Å²) in [4.78, 5) is 8.47. The molecule has 1 N–H and O–H groups in total. The third-order valence-electron chi connectivity index (χ3n) is 2.84. The number of aryl methyl sites for hydroxylation is 2. The zero-order chi connectivity index (χ0) is 16.7. The minimum absolute atomic E-state index is 0.0323. The summed E-state index contributed by atoms with van der Waals surface area (Å²) in [6.45, 7) is 3.76. The Morgan fingerprint density at radius 2 is 1.96 bits per heavy atom. The van der Waals surface area contributed by atoms with Crippen LogP contribution in [0.3, 0.4) is 0 Å². The lowest BCUT2D eigenvalue weighted by molar-refractivity contribution is 0.329. The zero-order valence-corrected chi connectivity index (χ0v) is 13.2. The number of rotatable bonds is 6. The Balaban J connectivity index is 2.08. The van der Waals surface area contributed by atoms with Gasteiger partial charge in [0.25, 0.3) is 0 Å². The molecule has 7 nitrogen and oxygen atoms in total. The Morgan fingerprint density at radius 3 is 2.61 bits per heavy atom. The van der Waals surface area contributed by atoms with Crippen molar-refractivity contribution in [2.75, 3.05) is 19.1 Å². The number of anilines is 1. The highest BCUT2D eigenvalue weighted by Gasteiger charge is 2.04. The summed E-state index contributed by atoms with van der Waals surface area (Å²) in [5.41, 5.74) is 5.34. The summed E-state index contributed by atoms with van der Waals surface area (Å²) < 4.78 is 10.5. The fraction of sp³-hybridized carbons (Fsp3) is 0.250. The molecule has 0 atom stereocenters. The first-order chi connectivity index (χ1) is 11.1. The van der Waals surface area contributed by atoms with E-state index in [4.69, 9.17) is 14.7 Å². The average Bonchev–Trinajstić information content (AvgIpc) is 2.52. The van der Waals surface area contributed by atoms with E-state index in [0.29, 0.717) is 17.4 Å². The molecule has 0 aliphatic carbocycles. The minimum Gasteiger partial charge on any atom is -0.493 e. The molecule has 1 aromatic heterocycles. The van der Waals surface area contributed by atoms with Crippen LogP contribution in [0.25, 0.3) is 0 Å². The molecule has 7 heteroatoms. The van der Waals surface area contributed by atoms with Gasteiger partial charge in [-0.05, 0) is 43.7 Å². The van der Waals surface area contributed by atoms with E-state index in [1.165, 1.54) is 7.11 Å². The van der Waals surface area contributed by atoms with Crippen LogP contribution in [0.4, 0.5) is 5.95 Å². The lowest BCUT2D eigenvalue weighted by atomic mass is 10.2. The molecule has 0 saturated heterocycles. The highest BCUT2D eigenvalue weighted by Crippen LogP contribution is 2.27. The van der Waals surface area contributed by atoms with Crippen molar-refractivity contribution in [1.29, 1.82) is 5.26 Å². The molecule has 2 rings (SSSR count). The highest BCUT2D eigenvalue weighted by atomic mass is 16.5. The summed E-state index contributed by atoms with van der Waals surface area (Å²) in [6.07, 6.45) is 1.62. The number of hydrogen-bond acceptors (Lipinski definition) is 7. The van der Waals surface area contributed by atoms with Crippen LogP contribution in [0.1, 0.15) is 17.0 Å². The first-order valence-electron chi connectivity index (χ1n) is 6.91. The molecule has 0 fully saturated rings. The van der Waals surface area contributed by atoms with Crippen molar-refractivity contribution in [2.24, 2.45) is 5.10 Å². The van der Waals surface area contributed by atoms with Crippen molar-refractivity contribution in [3.8, 4) is 17.6 Å². The number of hydrazone groups is 1. The predicted octanol–water partition coefficient (Wildman–Crippen LogP) is 2.45. The van der Waals surface area contributed by atoms with Crippen LogP contribution in [-0.4, -0.2) is 29.9 Å². The standard InChI is InChI=1S/C16H17N5O2/c1-11-8-12(2)20-16(19-11)21-18-10-13-4-5-14(23-7-6-17)15(9-13)22-3/h4-5,8-10H,7H2,1-3H3,(H,19,20,21)/b18-10-. The van der Waals surface area contributed by atoms with Crippen molar-refractivity contribution >= 4 is 12.2 Å². The molecule has 0 aliphatic rings. The van der Waals surface area contributed by atoms with Crippen molar-refractivity contribution in [2.45, 2.75) is 13.8 Å². The van der Waals surface area contributed by atoms with Gasteiger partial charge in [-0.2, -0.15) is 10.4 Å². The zero-order valence-electron chi connectivity index (χ0n) is 13.2. The third-order valence-corrected chi connectivity index (χ3v) is 2.84. The van der Waals surface area contributed by atoms with E-state index in [2.05, 4.69) is 20.5 Å². The highest BCUT2D eigenvalue weighted by molar-refractivity contribution is 5.81. The summed E-state index contributed by atoms with van der Waals surface area (Å²) in [7, 11) is 1.54. The lowest BCUT2D eigenvalue weighted by Gasteiger charge is -2.08. The molecule has 1 aromatic carbocycles. The maximum absolute atomic E-state index is 8.55. The van der Waals surface area contributed by atoms with Crippen LogP contribution in [0.15, 0.2) is 29.4 Å². The Kier molecular flexibility index (Phi) is 5.47. The van der Waals surface area contributed by atoms with Gasteiger partial charge in [-0.25, -0.2) is 15.4 Å². The van der Waals surface area contributed by atoms with Crippen molar-refractivity contribution in [1.82, 2.24) is 9.97 Å². The normalized spacial score (nSPS) is 10.3. The van der Waals surface area contributed by atoms with Gasteiger partial charge in [-0.15, -0.1) is 0 Å². The second kappa shape index (κ2) is 7.75. The number of aromatic nitrogens is 2. The second-order valence-electron chi connectivity index (χ2n) is 4.70. The monoisotopic (exact) mass is 311 g/mol. The molecule has 23 heavy (non-hydrogen) atoms. The number of nitriles is 1. The molecule has 0 aliphatic heterocycles. The number of hydrogen-bond donors (Lipinski definition) is 1. The Morgan fingerprint density at radius 1 is 1.22 bits per heavy atom. The smallest absolute Gasteiger partial charge is 0.243 e. The number of methoxy groups -OCH3 is 1. The van der Waals surface area contributed by atoms with Gasteiger partial charge in [0.15, 0.2) is 18.1 Å². The molecule has 0 bridgehead atoms. The summed E-state index contributed by atoms with van der Waals surface area (Å²) in [5, 5.41) is 12.7. The number of benzene rings is 1. The summed E-state index contributed by atoms with van der Waals surface area (Å²) in [5.74, 6) is 1.49. The Hall–Kier alpha value is -3.14. The molecule has 2 aromatic rings. The number of nitrogens with zero attached hydrogens (tertiary/aromatic N) is 4. The van der Waals surface area contributed by atoms with Gasteiger partial charge in [0, 0.05) is 11.4 Å². The lowest BCUT2D eigenvalue weighted by Crippen LogP contribution is -2.00. The largest absolute Gasteiger partial charge is 0.493 e. The quantitative estimate of drug-likeness (QED) is 0.650. The molecule has 118 valence electrons. The van der Waals surface area contributed by atoms with Gasteiger partial charge in [-0.3, -0.25) is 0 Å². The topological polar surface area (TPSA) is 92.4 Å². The average molecular weight is 311 g/mol. The maximum Gasteiger partial charge on any atom is 0.243 e. The van der Waals surface area contributed by atoms with Crippen molar-refractivity contribution in [3.05, 3.63) is 41.2 Å².